The maximum absolute atomic E-state index is 13.0. The van der Waals surface area contributed by atoms with Crippen LogP contribution in [0.25, 0.3) is 10.9 Å². The van der Waals surface area contributed by atoms with E-state index in [0.717, 1.165) is 4.90 Å². The monoisotopic (exact) mass is 419 g/mol. The van der Waals surface area contributed by atoms with E-state index in [1.54, 1.807) is 45.0 Å². The number of nitrogens with two attached hydrogens (primary N) is 1. The van der Waals surface area contributed by atoms with E-state index < -0.39 is 29.6 Å². The molecule has 0 unspecified atom stereocenters. The molecular formula is C20H25N3O5S. The van der Waals surface area contributed by atoms with Gasteiger partial charge in [-0.15, -0.1) is 0 Å². The summed E-state index contributed by atoms with van der Waals surface area (Å²) in [6.45, 7) is 5.01. The number of fused-ring (bicyclic) bond motifs is 1. The molecule has 2 aromatic rings. The first-order valence-corrected chi connectivity index (χ1v) is 10.4. The second kappa shape index (κ2) is 9.13. The summed E-state index contributed by atoms with van der Waals surface area (Å²) < 4.78 is 5.44. The summed E-state index contributed by atoms with van der Waals surface area (Å²) >= 11 is 1.44. The number of rotatable bonds is 7. The molecule has 29 heavy (non-hydrogen) atoms. The Hall–Kier alpha value is -2.81. The lowest BCUT2D eigenvalue weighted by Gasteiger charge is -2.31. The minimum absolute atomic E-state index is 0.0510. The second-order valence-electron chi connectivity index (χ2n) is 7.40. The summed E-state index contributed by atoms with van der Waals surface area (Å²) in [7, 11) is 0. The van der Waals surface area contributed by atoms with Gasteiger partial charge < -0.3 is 15.6 Å². The minimum Gasteiger partial charge on any atom is -0.480 e. The molecule has 0 saturated heterocycles. The van der Waals surface area contributed by atoms with Crippen LogP contribution in [0.15, 0.2) is 30.3 Å². The van der Waals surface area contributed by atoms with Crippen molar-refractivity contribution in [3.63, 3.8) is 0 Å². The van der Waals surface area contributed by atoms with Gasteiger partial charge >= 0.3 is 12.1 Å². The summed E-state index contributed by atoms with van der Waals surface area (Å²) in [6, 6.07) is 7.21. The lowest BCUT2D eigenvalue weighted by Crippen LogP contribution is -2.49. The molecule has 0 aliphatic rings. The summed E-state index contributed by atoms with van der Waals surface area (Å²) in [5.74, 6) is -1.69. The Bertz CT molecular complexity index is 926. The van der Waals surface area contributed by atoms with Crippen LogP contribution in [0.5, 0.6) is 0 Å². The number of aromatic nitrogens is 1. The number of carboxylic acid groups (broad SMARTS) is 1. The number of carbonyl (C=O) groups is 3. The summed E-state index contributed by atoms with van der Waals surface area (Å²) in [4.78, 5) is 42.5. The second-order valence-corrected chi connectivity index (χ2v) is 8.39. The molecule has 1 heterocycles. The van der Waals surface area contributed by atoms with E-state index in [2.05, 4.69) is 4.98 Å². The number of ether oxygens (including phenoxy) is 1. The van der Waals surface area contributed by atoms with Gasteiger partial charge in [0.1, 0.15) is 11.6 Å². The van der Waals surface area contributed by atoms with Crippen molar-refractivity contribution in [2.24, 2.45) is 5.73 Å². The van der Waals surface area contributed by atoms with E-state index in [-0.39, 0.29) is 17.8 Å². The molecule has 3 N–H and O–H groups in total. The van der Waals surface area contributed by atoms with Crippen LogP contribution in [0.3, 0.4) is 0 Å². The van der Waals surface area contributed by atoms with Crippen LogP contribution >= 0.6 is 11.8 Å². The molecular weight excluding hydrogens is 394 g/mol. The maximum Gasteiger partial charge on any atom is 0.416 e. The van der Waals surface area contributed by atoms with Gasteiger partial charge in [0, 0.05) is 5.39 Å². The first kappa shape index (κ1) is 22.5. The molecule has 0 bridgehead atoms. The highest BCUT2D eigenvalue weighted by molar-refractivity contribution is 7.98. The average molecular weight is 420 g/mol. The molecule has 2 amide bonds. The number of primary amides is 1. The number of thioether (sulfide) groups is 1. The first-order valence-electron chi connectivity index (χ1n) is 8.98. The standard InChI is InChI=1S/C20H25N3O5S/c1-20(2,3)28-19(27)23(15(18(25)26)9-10-29-4)17-13(16(21)24)11-12-7-5-6-8-14(12)22-17/h5-8,11,15H,9-10H2,1-4H3,(H2,21,24)(H,25,26)/t15-/m0/s1. The number of pyridine rings is 1. The number of amides is 2. The van der Waals surface area contributed by atoms with Crippen LogP contribution in [0.4, 0.5) is 10.6 Å². The first-order chi connectivity index (χ1) is 13.5. The van der Waals surface area contributed by atoms with Crippen molar-refractivity contribution in [3.8, 4) is 0 Å². The third kappa shape index (κ3) is 5.60. The van der Waals surface area contributed by atoms with Gasteiger partial charge in [0.05, 0.1) is 11.1 Å². The number of para-hydroxylation sites is 1. The number of aliphatic carboxylic acids is 1. The topological polar surface area (TPSA) is 123 Å². The van der Waals surface area contributed by atoms with Gasteiger partial charge in [0.15, 0.2) is 5.82 Å². The molecule has 9 heteroatoms. The Kier molecular flexibility index (Phi) is 7.07. The summed E-state index contributed by atoms with van der Waals surface area (Å²) in [5, 5.41) is 10.5. The Balaban J connectivity index is 2.72. The highest BCUT2D eigenvalue weighted by atomic mass is 32.2. The van der Waals surface area contributed by atoms with Crippen molar-refractivity contribution in [1.82, 2.24) is 4.98 Å². The number of carboxylic acids is 1. The Morgan fingerprint density at radius 2 is 1.93 bits per heavy atom. The predicted octanol–water partition coefficient (Wildman–Crippen LogP) is 3.28. The zero-order valence-electron chi connectivity index (χ0n) is 16.8. The van der Waals surface area contributed by atoms with E-state index in [0.29, 0.717) is 16.7 Å². The quantitative estimate of drug-likeness (QED) is 0.706. The van der Waals surface area contributed by atoms with Crippen molar-refractivity contribution >= 4 is 46.5 Å². The molecule has 0 fully saturated rings. The van der Waals surface area contributed by atoms with Gasteiger partial charge in [0.2, 0.25) is 0 Å². The average Bonchev–Trinajstić information content (AvgIpc) is 2.62. The van der Waals surface area contributed by atoms with Crippen molar-refractivity contribution < 1.29 is 24.2 Å². The smallest absolute Gasteiger partial charge is 0.416 e. The fraction of sp³-hybridized carbons (Fsp3) is 0.400. The fourth-order valence-electron chi connectivity index (χ4n) is 2.74. The van der Waals surface area contributed by atoms with Gasteiger partial charge in [-0.25, -0.2) is 19.5 Å². The van der Waals surface area contributed by atoms with Crippen molar-refractivity contribution in [3.05, 3.63) is 35.9 Å². The van der Waals surface area contributed by atoms with Crippen LogP contribution in [0, 0.1) is 0 Å². The highest BCUT2D eigenvalue weighted by Gasteiger charge is 2.37. The number of carbonyl (C=O) groups excluding carboxylic acids is 2. The maximum atomic E-state index is 13.0. The van der Waals surface area contributed by atoms with E-state index >= 15 is 0 Å². The number of benzene rings is 1. The highest BCUT2D eigenvalue weighted by Crippen LogP contribution is 2.28. The van der Waals surface area contributed by atoms with Gasteiger partial charge in [-0.1, -0.05) is 18.2 Å². The van der Waals surface area contributed by atoms with Crippen molar-refractivity contribution in [2.45, 2.75) is 38.8 Å². The Labute approximate surface area is 173 Å². The molecule has 1 aromatic heterocycles. The van der Waals surface area contributed by atoms with E-state index in [1.165, 1.54) is 17.8 Å². The molecule has 0 radical (unpaired) electrons. The fourth-order valence-corrected chi connectivity index (χ4v) is 3.19. The zero-order chi connectivity index (χ0) is 21.8. The number of nitrogens with zero attached hydrogens (tertiary/aromatic N) is 2. The lowest BCUT2D eigenvalue weighted by atomic mass is 10.1. The molecule has 8 nitrogen and oxygen atoms in total. The van der Waals surface area contributed by atoms with Gasteiger partial charge in [-0.05, 0) is 51.3 Å². The normalized spacial score (nSPS) is 12.4. The van der Waals surface area contributed by atoms with Gasteiger partial charge in [-0.2, -0.15) is 11.8 Å². The molecule has 0 spiro atoms. The predicted molar refractivity (Wildman–Crippen MR) is 113 cm³/mol. The molecule has 156 valence electrons. The molecule has 1 aromatic carbocycles. The van der Waals surface area contributed by atoms with Crippen molar-refractivity contribution in [2.75, 3.05) is 16.9 Å². The van der Waals surface area contributed by atoms with Crippen LogP contribution in [0.1, 0.15) is 37.6 Å². The molecule has 1 atom stereocenters. The van der Waals surface area contributed by atoms with E-state index in [4.69, 9.17) is 10.5 Å². The van der Waals surface area contributed by atoms with Gasteiger partial charge in [-0.3, -0.25) is 4.79 Å². The third-order valence-corrected chi connectivity index (χ3v) is 4.62. The Morgan fingerprint density at radius 3 is 2.48 bits per heavy atom. The molecule has 0 aliphatic heterocycles. The summed E-state index contributed by atoms with van der Waals surface area (Å²) in [5.41, 5.74) is 5.11. The van der Waals surface area contributed by atoms with E-state index in [1.807, 2.05) is 6.26 Å². The summed E-state index contributed by atoms with van der Waals surface area (Å²) in [6.07, 6.45) is 1.07. The van der Waals surface area contributed by atoms with Crippen molar-refractivity contribution in [1.29, 1.82) is 0 Å². The number of hydrogen-bond donors (Lipinski definition) is 2. The third-order valence-electron chi connectivity index (χ3n) is 3.98. The number of hydrogen-bond acceptors (Lipinski definition) is 6. The molecule has 2 rings (SSSR count). The van der Waals surface area contributed by atoms with E-state index in [9.17, 15) is 19.5 Å². The lowest BCUT2D eigenvalue weighted by molar-refractivity contribution is -0.138. The Morgan fingerprint density at radius 1 is 1.28 bits per heavy atom. The van der Waals surface area contributed by atoms with Crippen LogP contribution in [0.2, 0.25) is 0 Å². The van der Waals surface area contributed by atoms with Crippen LogP contribution in [-0.4, -0.2) is 51.7 Å². The number of anilines is 1. The van der Waals surface area contributed by atoms with Crippen LogP contribution < -0.4 is 10.6 Å². The molecule has 0 aliphatic carbocycles. The minimum atomic E-state index is -1.27. The molecule has 0 saturated carbocycles. The SMILES string of the molecule is CSCC[C@@H](C(=O)O)N(C(=O)OC(C)(C)C)c1nc2ccccc2cc1C(N)=O. The van der Waals surface area contributed by atoms with Gasteiger partial charge in [0.25, 0.3) is 5.91 Å². The largest absolute Gasteiger partial charge is 0.480 e. The van der Waals surface area contributed by atoms with Crippen LogP contribution in [-0.2, 0) is 9.53 Å². The zero-order valence-corrected chi connectivity index (χ0v) is 17.7.